The van der Waals surface area contributed by atoms with E-state index in [0.717, 1.165) is 12.1 Å². The van der Waals surface area contributed by atoms with Crippen LogP contribution < -0.4 is 10.5 Å². The van der Waals surface area contributed by atoms with Crippen LogP contribution in [0, 0.1) is 5.82 Å². The average molecular weight is 335 g/mol. The summed E-state index contributed by atoms with van der Waals surface area (Å²) in [4.78, 5) is -0.367. The summed E-state index contributed by atoms with van der Waals surface area (Å²) in [5.74, 6) is -0.711. The molecule has 8 heteroatoms. The molecule has 20 heavy (non-hydrogen) atoms. The van der Waals surface area contributed by atoms with Gasteiger partial charge in [-0.3, -0.25) is 4.72 Å². The average Bonchev–Trinajstić information content (AvgIpc) is 2.36. The molecule has 0 unspecified atom stereocenters. The van der Waals surface area contributed by atoms with E-state index in [0.29, 0.717) is 5.02 Å². The Labute approximate surface area is 125 Å². The van der Waals surface area contributed by atoms with Crippen molar-refractivity contribution in [2.75, 3.05) is 10.5 Å². The SMILES string of the molecule is Nc1ccc(F)cc1S(=O)(=O)Nc1cc(Cl)ccc1Cl. The van der Waals surface area contributed by atoms with Crippen molar-refractivity contribution in [2.45, 2.75) is 4.90 Å². The zero-order valence-corrected chi connectivity index (χ0v) is 12.2. The molecule has 0 fully saturated rings. The van der Waals surface area contributed by atoms with E-state index in [1.165, 1.54) is 24.3 Å². The third kappa shape index (κ3) is 3.15. The maximum Gasteiger partial charge on any atom is 0.264 e. The first-order valence-electron chi connectivity index (χ1n) is 5.32. The second kappa shape index (κ2) is 5.47. The minimum absolute atomic E-state index is 0.0722. The molecule has 0 atom stereocenters. The van der Waals surface area contributed by atoms with Gasteiger partial charge in [0.25, 0.3) is 10.0 Å². The minimum Gasteiger partial charge on any atom is -0.398 e. The van der Waals surface area contributed by atoms with Crippen molar-refractivity contribution in [1.82, 2.24) is 0 Å². The van der Waals surface area contributed by atoms with Crippen LogP contribution in [0.1, 0.15) is 0 Å². The van der Waals surface area contributed by atoms with Crippen molar-refractivity contribution in [2.24, 2.45) is 0 Å². The number of anilines is 2. The molecule has 0 radical (unpaired) electrons. The highest BCUT2D eigenvalue weighted by Gasteiger charge is 2.19. The van der Waals surface area contributed by atoms with Crippen molar-refractivity contribution < 1.29 is 12.8 Å². The maximum atomic E-state index is 13.2. The number of nitrogens with two attached hydrogens (primary N) is 1. The topological polar surface area (TPSA) is 72.2 Å². The molecule has 106 valence electrons. The lowest BCUT2D eigenvalue weighted by atomic mass is 10.3. The van der Waals surface area contributed by atoms with E-state index in [4.69, 9.17) is 28.9 Å². The molecule has 0 aliphatic carbocycles. The van der Waals surface area contributed by atoms with Gasteiger partial charge in [-0.15, -0.1) is 0 Å². The Morgan fingerprint density at radius 2 is 1.80 bits per heavy atom. The Hall–Kier alpha value is -1.50. The maximum absolute atomic E-state index is 13.2. The van der Waals surface area contributed by atoms with Crippen LogP contribution in [-0.4, -0.2) is 8.42 Å². The number of halogens is 3. The summed E-state index contributed by atoms with van der Waals surface area (Å²) in [5, 5.41) is 0.465. The fourth-order valence-electron chi connectivity index (χ4n) is 1.52. The third-order valence-electron chi connectivity index (χ3n) is 2.44. The molecule has 2 aromatic carbocycles. The summed E-state index contributed by atoms with van der Waals surface area (Å²) in [5.41, 5.74) is 5.57. The van der Waals surface area contributed by atoms with E-state index in [1.54, 1.807) is 0 Å². The summed E-state index contributed by atoms with van der Waals surface area (Å²) in [6, 6.07) is 7.37. The molecular formula is C12H9Cl2FN2O2S. The minimum atomic E-state index is -4.06. The molecule has 0 amide bonds. The predicted molar refractivity (Wildman–Crippen MR) is 78.1 cm³/mol. The number of hydrogen-bond donors (Lipinski definition) is 2. The second-order valence-corrected chi connectivity index (χ2v) is 6.41. The number of nitrogen functional groups attached to an aromatic ring is 1. The van der Waals surface area contributed by atoms with Gasteiger partial charge in [0, 0.05) is 5.02 Å². The molecule has 0 aliphatic rings. The molecule has 4 nitrogen and oxygen atoms in total. The first kappa shape index (κ1) is 14.9. The Kier molecular flexibility index (Phi) is 4.08. The quantitative estimate of drug-likeness (QED) is 0.843. The zero-order chi connectivity index (χ0) is 14.9. The van der Waals surface area contributed by atoms with Crippen LogP contribution in [0.3, 0.4) is 0 Å². The first-order valence-corrected chi connectivity index (χ1v) is 7.56. The van der Waals surface area contributed by atoms with E-state index in [2.05, 4.69) is 4.72 Å². The summed E-state index contributed by atoms with van der Waals surface area (Å²) < 4.78 is 39.7. The van der Waals surface area contributed by atoms with Crippen LogP contribution in [0.15, 0.2) is 41.3 Å². The van der Waals surface area contributed by atoms with Gasteiger partial charge in [0.1, 0.15) is 10.7 Å². The van der Waals surface area contributed by atoms with Crippen molar-refractivity contribution in [3.8, 4) is 0 Å². The Morgan fingerprint density at radius 1 is 1.10 bits per heavy atom. The van der Waals surface area contributed by atoms with Gasteiger partial charge in [0.15, 0.2) is 0 Å². The van der Waals surface area contributed by atoms with Gasteiger partial charge < -0.3 is 5.73 Å². The Morgan fingerprint density at radius 3 is 2.50 bits per heavy atom. The van der Waals surface area contributed by atoms with Gasteiger partial charge in [0.05, 0.1) is 16.4 Å². The molecule has 0 aromatic heterocycles. The standard InChI is InChI=1S/C12H9Cl2FN2O2S/c13-7-1-3-9(14)11(5-7)17-20(18,19)12-6-8(15)2-4-10(12)16/h1-6,17H,16H2. The highest BCUT2D eigenvalue weighted by Crippen LogP contribution is 2.29. The van der Waals surface area contributed by atoms with E-state index >= 15 is 0 Å². The van der Waals surface area contributed by atoms with E-state index in [1.807, 2.05) is 0 Å². The smallest absolute Gasteiger partial charge is 0.264 e. The summed E-state index contributed by atoms with van der Waals surface area (Å²) >= 11 is 11.6. The molecule has 0 aliphatic heterocycles. The van der Waals surface area contributed by atoms with Crippen LogP contribution in [0.4, 0.5) is 15.8 Å². The molecule has 0 saturated heterocycles. The normalized spacial score (nSPS) is 11.3. The van der Waals surface area contributed by atoms with Crippen LogP contribution in [0.25, 0.3) is 0 Å². The Balaban J connectivity index is 2.46. The lowest BCUT2D eigenvalue weighted by Gasteiger charge is -2.11. The fourth-order valence-corrected chi connectivity index (χ4v) is 3.12. The van der Waals surface area contributed by atoms with Crippen LogP contribution in [0.2, 0.25) is 10.0 Å². The lowest BCUT2D eigenvalue weighted by molar-refractivity contribution is 0.596. The summed E-state index contributed by atoms with van der Waals surface area (Å²) in [6.45, 7) is 0. The monoisotopic (exact) mass is 334 g/mol. The zero-order valence-electron chi connectivity index (χ0n) is 9.90. The number of rotatable bonds is 3. The fraction of sp³-hybridized carbons (Fsp3) is 0. The largest absolute Gasteiger partial charge is 0.398 e. The van der Waals surface area contributed by atoms with Crippen molar-refractivity contribution in [3.05, 3.63) is 52.3 Å². The van der Waals surface area contributed by atoms with E-state index < -0.39 is 15.8 Å². The number of benzene rings is 2. The highest BCUT2D eigenvalue weighted by molar-refractivity contribution is 7.92. The van der Waals surface area contributed by atoms with Crippen LogP contribution in [0.5, 0.6) is 0 Å². The van der Waals surface area contributed by atoms with Gasteiger partial charge in [-0.05, 0) is 36.4 Å². The Bertz CT molecular complexity index is 766. The molecule has 3 N–H and O–H groups in total. The molecule has 0 heterocycles. The summed E-state index contributed by atoms with van der Waals surface area (Å²) in [6.07, 6.45) is 0. The van der Waals surface area contributed by atoms with Gasteiger partial charge in [-0.2, -0.15) is 0 Å². The molecule has 0 spiro atoms. The van der Waals surface area contributed by atoms with Gasteiger partial charge in [0.2, 0.25) is 0 Å². The second-order valence-electron chi connectivity index (χ2n) is 3.91. The van der Waals surface area contributed by atoms with Crippen molar-refractivity contribution >= 4 is 44.6 Å². The molecular weight excluding hydrogens is 326 g/mol. The molecule has 0 bridgehead atoms. The van der Waals surface area contributed by atoms with Crippen molar-refractivity contribution in [3.63, 3.8) is 0 Å². The van der Waals surface area contributed by atoms with Crippen molar-refractivity contribution in [1.29, 1.82) is 0 Å². The number of sulfonamides is 1. The van der Waals surface area contributed by atoms with Gasteiger partial charge in [-0.25, -0.2) is 12.8 Å². The first-order chi connectivity index (χ1) is 9.29. The van der Waals surface area contributed by atoms with E-state index in [-0.39, 0.29) is 21.3 Å². The van der Waals surface area contributed by atoms with Crippen LogP contribution in [-0.2, 0) is 10.0 Å². The van der Waals surface area contributed by atoms with Crippen LogP contribution >= 0.6 is 23.2 Å². The number of nitrogens with one attached hydrogen (secondary N) is 1. The molecule has 0 saturated carbocycles. The molecule has 2 rings (SSSR count). The van der Waals surface area contributed by atoms with E-state index in [9.17, 15) is 12.8 Å². The van der Waals surface area contributed by atoms with Gasteiger partial charge >= 0.3 is 0 Å². The highest BCUT2D eigenvalue weighted by atomic mass is 35.5. The predicted octanol–water partition coefficient (Wildman–Crippen LogP) is 3.52. The number of hydrogen-bond acceptors (Lipinski definition) is 3. The lowest BCUT2D eigenvalue weighted by Crippen LogP contribution is -2.15. The third-order valence-corrected chi connectivity index (χ3v) is 4.42. The summed E-state index contributed by atoms with van der Waals surface area (Å²) in [7, 11) is -4.06. The molecule has 2 aromatic rings. The van der Waals surface area contributed by atoms with Gasteiger partial charge in [-0.1, -0.05) is 23.2 Å².